The summed E-state index contributed by atoms with van der Waals surface area (Å²) in [7, 11) is 1.41. The molecular weight excluding hydrogens is 230 g/mol. The average molecular weight is 251 g/mol. The Morgan fingerprint density at radius 3 is 2.67 bits per heavy atom. The number of methoxy groups -OCH3 is 1. The molecule has 18 heavy (non-hydrogen) atoms. The fraction of sp³-hybridized carbons (Fsp3) is 0.714. The maximum Gasteiger partial charge on any atom is 0.310 e. The number of carbonyl (C=O) groups excluding carboxylic acids is 2. The van der Waals surface area contributed by atoms with Crippen LogP contribution in [-0.4, -0.2) is 37.0 Å². The van der Waals surface area contributed by atoms with Gasteiger partial charge in [-0.15, -0.1) is 0 Å². The highest BCUT2D eigenvalue weighted by atomic mass is 16.5. The van der Waals surface area contributed by atoms with Crippen molar-refractivity contribution in [2.45, 2.75) is 26.2 Å². The first kappa shape index (κ1) is 13.1. The van der Waals surface area contributed by atoms with Crippen LogP contribution in [0.15, 0.2) is 12.2 Å². The highest BCUT2D eigenvalue weighted by Gasteiger charge is 2.39. The summed E-state index contributed by atoms with van der Waals surface area (Å²) in [5.41, 5.74) is 0. The first-order valence-corrected chi connectivity index (χ1v) is 6.65. The van der Waals surface area contributed by atoms with Crippen LogP contribution in [0, 0.1) is 17.8 Å². The van der Waals surface area contributed by atoms with Crippen LogP contribution < -0.4 is 0 Å². The molecule has 0 radical (unpaired) electrons. The molecule has 4 heteroatoms. The van der Waals surface area contributed by atoms with Crippen molar-refractivity contribution in [3.8, 4) is 0 Å². The third-order valence-electron chi connectivity index (χ3n) is 4.05. The van der Waals surface area contributed by atoms with Crippen LogP contribution in [-0.2, 0) is 14.3 Å². The Labute approximate surface area is 108 Å². The van der Waals surface area contributed by atoms with Crippen LogP contribution in [0.25, 0.3) is 0 Å². The summed E-state index contributed by atoms with van der Waals surface area (Å²) in [6, 6.07) is 0. The largest absolute Gasteiger partial charge is 0.469 e. The van der Waals surface area contributed by atoms with Crippen molar-refractivity contribution >= 4 is 11.9 Å². The summed E-state index contributed by atoms with van der Waals surface area (Å²) < 4.78 is 4.79. The van der Waals surface area contributed by atoms with Gasteiger partial charge >= 0.3 is 5.97 Å². The Morgan fingerprint density at radius 2 is 2.06 bits per heavy atom. The lowest BCUT2D eigenvalue weighted by atomic mass is 9.93. The SMILES string of the molecule is COC(=O)C1CN(C(=O)C2CC=CCC2)CC1C. The van der Waals surface area contributed by atoms with Gasteiger partial charge in [-0.3, -0.25) is 9.59 Å². The summed E-state index contributed by atoms with van der Waals surface area (Å²) in [5, 5.41) is 0. The Hall–Kier alpha value is -1.32. The van der Waals surface area contributed by atoms with E-state index in [4.69, 9.17) is 4.74 Å². The van der Waals surface area contributed by atoms with E-state index < -0.39 is 0 Å². The molecule has 0 aromatic heterocycles. The monoisotopic (exact) mass is 251 g/mol. The van der Waals surface area contributed by atoms with Gasteiger partial charge in [-0.2, -0.15) is 0 Å². The van der Waals surface area contributed by atoms with E-state index in [1.54, 1.807) is 0 Å². The molecule has 2 aliphatic rings. The van der Waals surface area contributed by atoms with Crippen molar-refractivity contribution in [1.82, 2.24) is 4.90 Å². The van der Waals surface area contributed by atoms with Gasteiger partial charge in [-0.1, -0.05) is 19.1 Å². The second-order valence-electron chi connectivity index (χ2n) is 5.33. The van der Waals surface area contributed by atoms with E-state index in [2.05, 4.69) is 12.2 Å². The predicted octanol–water partition coefficient (Wildman–Crippen LogP) is 1.61. The maximum absolute atomic E-state index is 12.3. The Morgan fingerprint density at radius 1 is 1.28 bits per heavy atom. The quantitative estimate of drug-likeness (QED) is 0.553. The zero-order valence-corrected chi connectivity index (χ0v) is 11.1. The number of nitrogens with zero attached hydrogens (tertiary/aromatic N) is 1. The molecule has 3 atom stereocenters. The molecule has 1 saturated heterocycles. The molecule has 3 unspecified atom stereocenters. The second-order valence-corrected chi connectivity index (χ2v) is 5.33. The molecule has 0 N–H and O–H groups in total. The highest BCUT2D eigenvalue weighted by Crippen LogP contribution is 2.28. The normalized spacial score (nSPS) is 31.4. The summed E-state index contributed by atoms with van der Waals surface area (Å²) in [4.78, 5) is 25.8. The number of esters is 1. The Kier molecular flexibility index (Phi) is 4.04. The first-order valence-electron chi connectivity index (χ1n) is 6.65. The van der Waals surface area contributed by atoms with E-state index in [1.807, 2.05) is 11.8 Å². The highest BCUT2D eigenvalue weighted by molar-refractivity contribution is 5.81. The smallest absolute Gasteiger partial charge is 0.310 e. The first-order chi connectivity index (χ1) is 8.63. The lowest BCUT2D eigenvalue weighted by molar-refractivity contribution is -0.146. The van der Waals surface area contributed by atoms with Gasteiger partial charge in [-0.25, -0.2) is 0 Å². The van der Waals surface area contributed by atoms with Crippen molar-refractivity contribution in [2.24, 2.45) is 17.8 Å². The van der Waals surface area contributed by atoms with Gasteiger partial charge in [0, 0.05) is 19.0 Å². The van der Waals surface area contributed by atoms with E-state index in [0.717, 1.165) is 19.3 Å². The predicted molar refractivity (Wildman–Crippen MR) is 67.7 cm³/mol. The molecule has 4 nitrogen and oxygen atoms in total. The lowest BCUT2D eigenvalue weighted by Gasteiger charge is -2.24. The van der Waals surface area contributed by atoms with Gasteiger partial charge in [0.25, 0.3) is 0 Å². The third kappa shape index (κ3) is 2.57. The number of rotatable bonds is 2. The maximum atomic E-state index is 12.3. The minimum absolute atomic E-state index is 0.110. The van der Waals surface area contributed by atoms with Crippen LogP contribution in [0.1, 0.15) is 26.2 Å². The molecule has 1 aliphatic heterocycles. The summed E-state index contributed by atoms with van der Waals surface area (Å²) in [5.74, 6) is 0.163. The fourth-order valence-corrected chi connectivity index (χ4v) is 2.88. The average Bonchev–Trinajstić information content (AvgIpc) is 2.80. The standard InChI is InChI=1S/C14H21NO3/c1-10-8-15(9-12(10)14(17)18-2)13(16)11-6-4-3-5-7-11/h3-4,10-12H,5-9H2,1-2H3. The minimum Gasteiger partial charge on any atom is -0.469 e. The van der Waals surface area contributed by atoms with Crippen molar-refractivity contribution in [3.63, 3.8) is 0 Å². The number of carbonyl (C=O) groups is 2. The van der Waals surface area contributed by atoms with Gasteiger partial charge in [0.1, 0.15) is 0 Å². The molecule has 0 aromatic rings. The molecule has 0 spiro atoms. The van der Waals surface area contributed by atoms with E-state index in [0.29, 0.717) is 13.1 Å². The van der Waals surface area contributed by atoms with E-state index in [9.17, 15) is 9.59 Å². The van der Waals surface area contributed by atoms with E-state index in [-0.39, 0.29) is 29.6 Å². The summed E-state index contributed by atoms with van der Waals surface area (Å²) in [6.07, 6.45) is 6.98. The summed E-state index contributed by atoms with van der Waals surface area (Å²) >= 11 is 0. The number of allylic oxidation sites excluding steroid dienone is 2. The van der Waals surface area contributed by atoms with Gasteiger partial charge in [0.15, 0.2) is 0 Å². The van der Waals surface area contributed by atoms with Crippen LogP contribution in [0.2, 0.25) is 0 Å². The lowest BCUT2D eigenvalue weighted by Crippen LogP contribution is -2.35. The third-order valence-corrected chi connectivity index (χ3v) is 4.05. The molecule has 0 aromatic carbocycles. The van der Waals surface area contributed by atoms with Crippen molar-refractivity contribution in [1.29, 1.82) is 0 Å². The summed E-state index contributed by atoms with van der Waals surface area (Å²) in [6.45, 7) is 3.21. The molecule has 0 bridgehead atoms. The molecule has 1 fully saturated rings. The number of likely N-dealkylation sites (tertiary alicyclic amines) is 1. The van der Waals surface area contributed by atoms with E-state index >= 15 is 0 Å². The second kappa shape index (κ2) is 5.55. The molecule has 2 rings (SSSR count). The van der Waals surface area contributed by atoms with E-state index in [1.165, 1.54) is 7.11 Å². The van der Waals surface area contributed by atoms with Crippen molar-refractivity contribution < 1.29 is 14.3 Å². The van der Waals surface area contributed by atoms with Crippen molar-refractivity contribution in [3.05, 3.63) is 12.2 Å². The molecule has 1 aliphatic carbocycles. The van der Waals surface area contributed by atoms with Gasteiger partial charge in [-0.05, 0) is 25.2 Å². The number of amides is 1. The number of hydrogen-bond acceptors (Lipinski definition) is 3. The van der Waals surface area contributed by atoms with Gasteiger partial charge in [0.2, 0.25) is 5.91 Å². The molecular formula is C14H21NO3. The van der Waals surface area contributed by atoms with Crippen molar-refractivity contribution in [2.75, 3.05) is 20.2 Å². The van der Waals surface area contributed by atoms with Gasteiger partial charge < -0.3 is 9.64 Å². The molecule has 100 valence electrons. The van der Waals surface area contributed by atoms with Crippen LogP contribution >= 0.6 is 0 Å². The van der Waals surface area contributed by atoms with Crippen LogP contribution in [0.5, 0.6) is 0 Å². The van der Waals surface area contributed by atoms with Crippen LogP contribution in [0.4, 0.5) is 0 Å². The van der Waals surface area contributed by atoms with Gasteiger partial charge in [0.05, 0.1) is 13.0 Å². The topological polar surface area (TPSA) is 46.6 Å². The Bertz CT molecular complexity index is 364. The zero-order chi connectivity index (χ0) is 13.1. The fourth-order valence-electron chi connectivity index (χ4n) is 2.88. The zero-order valence-electron chi connectivity index (χ0n) is 11.1. The molecule has 1 amide bonds. The minimum atomic E-state index is -0.193. The van der Waals surface area contributed by atoms with Crippen LogP contribution in [0.3, 0.4) is 0 Å². The number of ether oxygens (including phenoxy) is 1. The molecule has 1 heterocycles. The molecule has 0 saturated carbocycles. The number of hydrogen-bond donors (Lipinski definition) is 0. The Balaban J connectivity index is 1.96.